The maximum atomic E-state index is 11.3. The molecule has 0 amide bonds. The normalized spacial score (nSPS) is 11.9. The maximum absolute atomic E-state index is 11.3. The summed E-state index contributed by atoms with van der Waals surface area (Å²) in [6, 6.07) is 18.1. The van der Waals surface area contributed by atoms with Crippen molar-refractivity contribution >= 4 is 5.97 Å². The van der Waals surface area contributed by atoms with Crippen LogP contribution < -0.4 is 0 Å². The molecule has 110 valence electrons. The van der Waals surface area contributed by atoms with Crippen LogP contribution in [0.25, 0.3) is 11.1 Å². The molecule has 2 aromatic rings. The van der Waals surface area contributed by atoms with Gasteiger partial charge in [-0.05, 0) is 30.0 Å². The molecule has 1 atom stereocenters. The first-order valence-electron chi connectivity index (χ1n) is 7.17. The summed E-state index contributed by atoms with van der Waals surface area (Å²) in [7, 11) is 0. The minimum Gasteiger partial charge on any atom is -0.466 e. The zero-order valence-electron chi connectivity index (χ0n) is 12.2. The van der Waals surface area contributed by atoms with Crippen LogP contribution in [-0.4, -0.2) is 23.8 Å². The van der Waals surface area contributed by atoms with Crippen LogP contribution in [-0.2, 0) is 16.0 Å². The molecule has 2 aromatic carbocycles. The minimum atomic E-state index is -0.702. The first-order valence-corrected chi connectivity index (χ1v) is 7.17. The Hall–Kier alpha value is -2.13. The van der Waals surface area contributed by atoms with Crippen molar-refractivity contribution in [3.63, 3.8) is 0 Å². The average molecular weight is 284 g/mol. The van der Waals surface area contributed by atoms with Crippen LogP contribution in [0.3, 0.4) is 0 Å². The molecule has 3 nitrogen and oxygen atoms in total. The number of aliphatic hydroxyl groups excluding tert-OH is 1. The number of carbonyl (C=O) groups excluding carboxylic acids is 1. The third kappa shape index (κ3) is 4.72. The monoisotopic (exact) mass is 284 g/mol. The molecule has 0 aliphatic carbocycles. The van der Waals surface area contributed by atoms with Gasteiger partial charge in [-0.1, -0.05) is 54.6 Å². The smallest absolute Gasteiger partial charge is 0.308 e. The summed E-state index contributed by atoms with van der Waals surface area (Å²) in [4.78, 5) is 11.3. The molecule has 0 bridgehead atoms. The third-order valence-electron chi connectivity index (χ3n) is 3.24. The van der Waals surface area contributed by atoms with Crippen molar-refractivity contribution in [1.82, 2.24) is 0 Å². The van der Waals surface area contributed by atoms with Gasteiger partial charge >= 0.3 is 5.97 Å². The first kappa shape index (κ1) is 15.3. The highest BCUT2D eigenvalue weighted by molar-refractivity contribution is 5.70. The minimum absolute atomic E-state index is 0.0360. The van der Waals surface area contributed by atoms with E-state index >= 15 is 0 Å². The van der Waals surface area contributed by atoms with Crippen LogP contribution >= 0.6 is 0 Å². The predicted octanol–water partition coefficient (Wildman–Crippen LogP) is 3.21. The zero-order chi connectivity index (χ0) is 15.1. The lowest BCUT2D eigenvalue weighted by Gasteiger charge is -2.10. The summed E-state index contributed by atoms with van der Waals surface area (Å²) in [5.74, 6) is -0.356. The van der Waals surface area contributed by atoms with Crippen molar-refractivity contribution in [3.05, 3.63) is 60.2 Å². The first-order chi connectivity index (χ1) is 10.2. The van der Waals surface area contributed by atoms with Gasteiger partial charge in [0.25, 0.3) is 0 Å². The molecule has 0 heterocycles. The maximum Gasteiger partial charge on any atom is 0.308 e. The van der Waals surface area contributed by atoms with Crippen LogP contribution in [0, 0.1) is 0 Å². The second-order valence-electron chi connectivity index (χ2n) is 4.93. The molecule has 1 N–H and O–H groups in total. The van der Waals surface area contributed by atoms with E-state index in [1.807, 2.05) is 42.5 Å². The molecule has 0 saturated carbocycles. The number of ether oxygens (including phenoxy) is 1. The molecule has 2 rings (SSSR count). The molecule has 0 saturated heterocycles. The van der Waals surface area contributed by atoms with Gasteiger partial charge in [0, 0.05) is 0 Å². The highest BCUT2D eigenvalue weighted by atomic mass is 16.5. The van der Waals surface area contributed by atoms with Crippen molar-refractivity contribution in [1.29, 1.82) is 0 Å². The van der Waals surface area contributed by atoms with Crippen molar-refractivity contribution in [2.75, 3.05) is 6.61 Å². The Labute approximate surface area is 125 Å². The Morgan fingerprint density at radius 3 is 2.29 bits per heavy atom. The van der Waals surface area contributed by atoms with E-state index in [1.54, 1.807) is 6.92 Å². The summed E-state index contributed by atoms with van der Waals surface area (Å²) in [6.07, 6.45) is -0.214. The van der Waals surface area contributed by atoms with E-state index < -0.39 is 6.10 Å². The fourth-order valence-electron chi connectivity index (χ4n) is 2.22. The Balaban J connectivity index is 1.95. The Kier molecular flexibility index (Phi) is 5.52. The lowest BCUT2D eigenvalue weighted by molar-refractivity contribution is -0.145. The average Bonchev–Trinajstić information content (AvgIpc) is 2.49. The molecule has 0 unspecified atom stereocenters. The number of hydrogen-bond donors (Lipinski definition) is 1. The van der Waals surface area contributed by atoms with E-state index in [-0.39, 0.29) is 12.4 Å². The Bertz CT molecular complexity index is 561. The SMILES string of the molecule is CCOC(=O)C[C@H](O)Cc1ccc(-c2ccccc2)cc1. The fourth-order valence-corrected chi connectivity index (χ4v) is 2.22. The summed E-state index contributed by atoms with van der Waals surface area (Å²) in [6.45, 7) is 2.10. The van der Waals surface area contributed by atoms with E-state index in [4.69, 9.17) is 4.74 Å². The highest BCUT2D eigenvalue weighted by Crippen LogP contribution is 2.20. The summed E-state index contributed by atoms with van der Waals surface area (Å²) in [5, 5.41) is 9.89. The van der Waals surface area contributed by atoms with E-state index in [9.17, 15) is 9.90 Å². The van der Waals surface area contributed by atoms with Gasteiger partial charge in [-0.3, -0.25) is 4.79 Å². The van der Waals surface area contributed by atoms with Crippen LogP contribution in [0.2, 0.25) is 0 Å². The predicted molar refractivity (Wildman–Crippen MR) is 82.8 cm³/mol. The van der Waals surface area contributed by atoms with Crippen LogP contribution in [0.15, 0.2) is 54.6 Å². The summed E-state index contributed by atoms with van der Waals surface area (Å²) >= 11 is 0. The van der Waals surface area contributed by atoms with Crippen LogP contribution in [0.1, 0.15) is 18.9 Å². The molecule has 0 aliphatic heterocycles. The van der Waals surface area contributed by atoms with Crippen molar-refractivity contribution in [2.24, 2.45) is 0 Å². The van der Waals surface area contributed by atoms with Crippen molar-refractivity contribution in [3.8, 4) is 11.1 Å². The van der Waals surface area contributed by atoms with Crippen LogP contribution in [0.5, 0.6) is 0 Å². The second-order valence-corrected chi connectivity index (χ2v) is 4.93. The standard InChI is InChI=1S/C18H20O3/c1-2-21-18(20)13-17(19)12-14-8-10-16(11-9-14)15-6-4-3-5-7-15/h3-11,17,19H,2,12-13H2,1H3/t17-/m1/s1. The molecule has 0 fully saturated rings. The third-order valence-corrected chi connectivity index (χ3v) is 3.24. The number of carbonyl (C=O) groups is 1. The molecule has 0 aromatic heterocycles. The van der Waals surface area contributed by atoms with E-state index in [0.29, 0.717) is 13.0 Å². The quantitative estimate of drug-likeness (QED) is 0.829. The zero-order valence-corrected chi connectivity index (χ0v) is 12.2. The second kappa shape index (κ2) is 7.60. The summed E-state index contributed by atoms with van der Waals surface area (Å²) < 4.78 is 4.83. The van der Waals surface area contributed by atoms with Crippen LogP contribution in [0.4, 0.5) is 0 Å². The largest absolute Gasteiger partial charge is 0.466 e. The molecule has 3 heteroatoms. The molecule has 0 radical (unpaired) electrons. The van der Waals surface area contributed by atoms with Gasteiger partial charge in [-0.15, -0.1) is 0 Å². The van der Waals surface area contributed by atoms with Gasteiger partial charge in [-0.25, -0.2) is 0 Å². The Morgan fingerprint density at radius 1 is 1.05 bits per heavy atom. The number of esters is 1. The van der Waals surface area contributed by atoms with Gasteiger partial charge in [0.1, 0.15) is 0 Å². The summed E-state index contributed by atoms with van der Waals surface area (Å²) in [5.41, 5.74) is 3.31. The fraction of sp³-hybridized carbons (Fsp3) is 0.278. The molecule has 0 spiro atoms. The Morgan fingerprint density at radius 2 is 1.67 bits per heavy atom. The van der Waals surface area contributed by atoms with E-state index in [0.717, 1.165) is 16.7 Å². The molecule has 0 aliphatic rings. The molecular formula is C18H20O3. The highest BCUT2D eigenvalue weighted by Gasteiger charge is 2.12. The van der Waals surface area contributed by atoms with Gasteiger partial charge in [0.2, 0.25) is 0 Å². The van der Waals surface area contributed by atoms with Crippen molar-refractivity contribution < 1.29 is 14.6 Å². The van der Waals surface area contributed by atoms with Gasteiger partial charge in [0.05, 0.1) is 19.1 Å². The van der Waals surface area contributed by atoms with Crippen molar-refractivity contribution in [2.45, 2.75) is 25.9 Å². The number of rotatable bonds is 6. The van der Waals surface area contributed by atoms with E-state index in [2.05, 4.69) is 12.1 Å². The molecule has 21 heavy (non-hydrogen) atoms. The number of hydrogen-bond acceptors (Lipinski definition) is 3. The lowest BCUT2D eigenvalue weighted by Crippen LogP contribution is -2.18. The van der Waals surface area contributed by atoms with Gasteiger partial charge in [0.15, 0.2) is 0 Å². The van der Waals surface area contributed by atoms with E-state index in [1.165, 1.54) is 0 Å². The van der Waals surface area contributed by atoms with Gasteiger partial charge in [-0.2, -0.15) is 0 Å². The topological polar surface area (TPSA) is 46.5 Å². The number of benzene rings is 2. The lowest BCUT2D eigenvalue weighted by atomic mass is 10.0. The number of aliphatic hydroxyl groups is 1. The van der Waals surface area contributed by atoms with Gasteiger partial charge < -0.3 is 9.84 Å². The molecular weight excluding hydrogens is 264 g/mol.